The molecule has 2 heterocycles. The quantitative estimate of drug-likeness (QED) is 0.363. The van der Waals surface area contributed by atoms with Crippen LogP contribution in [0.2, 0.25) is 0 Å². The van der Waals surface area contributed by atoms with Gasteiger partial charge in [-0.1, -0.05) is 15.3 Å². The second-order valence-electron chi connectivity index (χ2n) is 5.30. The summed E-state index contributed by atoms with van der Waals surface area (Å²) >= 11 is 0.969. The summed E-state index contributed by atoms with van der Waals surface area (Å²) in [5, 5.41) is 0.251. The molecule has 4 N–H and O–H groups in total. The van der Waals surface area contributed by atoms with Crippen LogP contribution in [0.4, 0.5) is 27.9 Å². The normalized spacial score (nSPS) is 11.9. The van der Waals surface area contributed by atoms with E-state index >= 15 is 0 Å². The maximum Gasteiger partial charge on any atom is 0.416 e. The van der Waals surface area contributed by atoms with E-state index in [4.69, 9.17) is 5.73 Å². The van der Waals surface area contributed by atoms with Crippen molar-refractivity contribution in [3.8, 4) is 11.3 Å². The predicted molar refractivity (Wildman–Crippen MR) is 101 cm³/mol. The molecule has 2 aromatic heterocycles. The molecule has 0 aliphatic heterocycles. The van der Waals surface area contributed by atoms with Gasteiger partial charge in [0.1, 0.15) is 4.83 Å². The lowest BCUT2D eigenvalue weighted by Crippen LogP contribution is -2.11. The van der Waals surface area contributed by atoms with Crippen molar-refractivity contribution in [1.29, 1.82) is 0 Å². The molecule has 0 radical (unpaired) electrons. The molecule has 0 bridgehead atoms. The summed E-state index contributed by atoms with van der Waals surface area (Å²) in [5.41, 5.74) is 4.06. The number of aromatic nitrogens is 2. The fraction of sp³-hybridized carbons (Fsp3) is 0.188. The number of nitrogen functional groups attached to an aromatic ring is 1. The molecule has 1 unspecified atom stereocenters. The van der Waals surface area contributed by atoms with E-state index < -0.39 is 23.0 Å². The van der Waals surface area contributed by atoms with E-state index in [0.717, 1.165) is 17.4 Å². The van der Waals surface area contributed by atoms with Gasteiger partial charge in [0, 0.05) is 16.5 Å². The molecular formula is C16H14F5N4OPS. The Morgan fingerprint density at radius 3 is 2.29 bits per heavy atom. The van der Waals surface area contributed by atoms with Crippen molar-refractivity contribution in [3.63, 3.8) is 0 Å². The Kier molecular flexibility index (Phi) is 6.32. The highest BCUT2D eigenvalue weighted by Crippen LogP contribution is 2.44. The highest BCUT2D eigenvalue weighted by Gasteiger charge is 2.36. The summed E-state index contributed by atoms with van der Waals surface area (Å²) in [6.07, 6.45) is -4.24. The van der Waals surface area contributed by atoms with Crippen molar-refractivity contribution < 1.29 is 26.7 Å². The third kappa shape index (κ3) is 4.43. The molecule has 0 spiro atoms. The number of rotatable bonds is 3. The van der Waals surface area contributed by atoms with E-state index in [2.05, 4.69) is 15.7 Å². The third-order valence-corrected chi connectivity index (χ3v) is 4.77. The van der Waals surface area contributed by atoms with Crippen molar-refractivity contribution in [3.05, 3.63) is 40.3 Å². The molecule has 0 aliphatic carbocycles. The predicted octanol–water partition coefficient (Wildman–Crippen LogP) is 4.27. The number of alkyl halides is 5. The zero-order valence-electron chi connectivity index (χ0n) is 14.2. The van der Waals surface area contributed by atoms with Crippen LogP contribution in [0.15, 0.2) is 24.3 Å². The first kappa shape index (κ1) is 22.1. The average Bonchev–Trinajstić information content (AvgIpc) is 3.03. The lowest BCUT2D eigenvalue weighted by atomic mass is 9.99. The van der Waals surface area contributed by atoms with E-state index in [1.807, 2.05) is 0 Å². The summed E-state index contributed by atoms with van der Waals surface area (Å²) in [6, 6.07) is 3.35. The van der Waals surface area contributed by atoms with E-state index in [1.54, 1.807) is 0 Å². The van der Waals surface area contributed by atoms with Gasteiger partial charge < -0.3 is 11.5 Å². The third-order valence-electron chi connectivity index (χ3n) is 3.51. The Hall–Kier alpha value is -2.23. The average molecular weight is 436 g/mol. The van der Waals surface area contributed by atoms with Gasteiger partial charge in [0.15, 0.2) is 6.29 Å². The number of nitrogens with zero attached hydrogens (tertiary/aromatic N) is 2. The number of aldehydes is 1. The first-order chi connectivity index (χ1) is 13.0. The molecule has 0 saturated carbocycles. The molecule has 5 nitrogen and oxygen atoms in total. The van der Waals surface area contributed by atoms with Crippen LogP contribution in [-0.4, -0.2) is 23.3 Å². The summed E-state index contributed by atoms with van der Waals surface area (Å²) in [5.74, 6) is -0.246. The number of hydrogen-bond donors (Lipinski definition) is 2. The fourth-order valence-electron chi connectivity index (χ4n) is 2.42. The molecular weight excluding hydrogens is 422 g/mol. The van der Waals surface area contributed by atoms with E-state index in [-0.39, 0.29) is 32.3 Å². The summed E-state index contributed by atoms with van der Waals surface area (Å²) in [7, 11) is 2.71. The largest absolute Gasteiger partial charge is 0.416 e. The number of nitrogens with two attached hydrogens (primary N) is 2. The molecule has 1 atom stereocenters. The smallest absolute Gasteiger partial charge is 0.368 e. The van der Waals surface area contributed by atoms with Crippen LogP contribution in [0.5, 0.6) is 0 Å². The maximum absolute atomic E-state index is 14.0. The van der Waals surface area contributed by atoms with Gasteiger partial charge in [0.05, 0.1) is 16.1 Å². The number of thiophene rings is 1. The Morgan fingerprint density at radius 1 is 1.11 bits per heavy atom. The van der Waals surface area contributed by atoms with Gasteiger partial charge in [-0.3, -0.25) is 4.79 Å². The molecule has 0 amide bonds. The number of fused-ring (bicyclic) bond motifs is 1. The molecule has 28 heavy (non-hydrogen) atoms. The molecule has 1 aromatic carbocycles. The molecule has 12 heteroatoms. The lowest BCUT2D eigenvalue weighted by molar-refractivity contribution is -0.137. The SMILES string of the molecule is CN.Nc1nc(-c2ccc(C(F)(F)F)cc2C(F)(F)P)c2cc(C=O)sc2n1. The summed E-state index contributed by atoms with van der Waals surface area (Å²) < 4.78 is 66.8. The molecule has 0 aliphatic rings. The minimum atomic E-state index is -4.78. The summed E-state index contributed by atoms with van der Waals surface area (Å²) in [6.45, 7) is 0. The monoisotopic (exact) mass is 436 g/mol. The van der Waals surface area contributed by atoms with Crippen molar-refractivity contribution >= 4 is 43.0 Å². The molecule has 0 fully saturated rings. The van der Waals surface area contributed by atoms with Crippen molar-refractivity contribution in [2.75, 3.05) is 12.8 Å². The first-order valence-electron chi connectivity index (χ1n) is 7.49. The van der Waals surface area contributed by atoms with E-state index in [1.165, 1.54) is 22.4 Å². The first-order valence-corrected chi connectivity index (χ1v) is 8.89. The van der Waals surface area contributed by atoms with Gasteiger partial charge >= 0.3 is 6.18 Å². The summed E-state index contributed by atoms with van der Waals surface area (Å²) in [4.78, 5) is 19.4. The molecule has 150 valence electrons. The second-order valence-corrected chi connectivity index (χ2v) is 7.08. The second kappa shape index (κ2) is 8.02. The highest BCUT2D eigenvalue weighted by atomic mass is 32.1. The molecule has 3 aromatic rings. The topological polar surface area (TPSA) is 94.9 Å². The maximum atomic E-state index is 14.0. The minimum Gasteiger partial charge on any atom is -0.368 e. The van der Waals surface area contributed by atoms with E-state index in [9.17, 15) is 26.7 Å². The van der Waals surface area contributed by atoms with Gasteiger partial charge in [-0.15, -0.1) is 11.3 Å². The van der Waals surface area contributed by atoms with Crippen LogP contribution < -0.4 is 11.5 Å². The standard InChI is InChI=1S/C15H9F5N3OPS.CH5N/c16-14(17,18)6-1-2-8(10(3-6)15(19,20)25)11-9-4-7(5-24)26-12(9)23-13(21)22-11;1-2/h1-5H,25H2,(H2,21,22,23);2H2,1H3. The highest BCUT2D eigenvalue weighted by molar-refractivity contribution is 7.20. The zero-order chi connectivity index (χ0) is 21.3. The van der Waals surface area contributed by atoms with Crippen LogP contribution in [-0.2, 0) is 11.8 Å². The van der Waals surface area contributed by atoms with Gasteiger partial charge in [-0.2, -0.15) is 22.0 Å². The minimum absolute atomic E-state index is 0.0669. The number of carbonyl (C=O) groups is 1. The number of hydrogen-bond acceptors (Lipinski definition) is 6. The Balaban J connectivity index is 0.00000136. The number of anilines is 1. The number of carbonyl (C=O) groups excluding carboxylic acids is 1. The Morgan fingerprint density at radius 2 is 1.75 bits per heavy atom. The Labute approximate surface area is 162 Å². The van der Waals surface area contributed by atoms with Gasteiger partial charge in [-0.25, -0.2) is 9.97 Å². The zero-order valence-corrected chi connectivity index (χ0v) is 16.2. The van der Waals surface area contributed by atoms with Gasteiger partial charge in [0.2, 0.25) is 5.95 Å². The van der Waals surface area contributed by atoms with Crippen molar-refractivity contribution in [1.82, 2.24) is 9.97 Å². The molecule has 3 rings (SSSR count). The Bertz CT molecular complexity index is 1020. The van der Waals surface area contributed by atoms with Crippen LogP contribution >= 0.6 is 20.6 Å². The fourth-order valence-corrected chi connectivity index (χ4v) is 3.51. The van der Waals surface area contributed by atoms with Crippen LogP contribution in [0.25, 0.3) is 21.5 Å². The van der Waals surface area contributed by atoms with Crippen molar-refractivity contribution in [2.45, 2.75) is 11.8 Å². The number of benzene rings is 1. The number of halogens is 5. The van der Waals surface area contributed by atoms with Crippen LogP contribution in [0.1, 0.15) is 20.8 Å². The van der Waals surface area contributed by atoms with E-state index in [0.29, 0.717) is 18.4 Å². The molecule has 0 saturated heterocycles. The van der Waals surface area contributed by atoms with Crippen LogP contribution in [0.3, 0.4) is 0 Å². The van der Waals surface area contributed by atoms with Gasteiger partial charge in [0.25, 0.3) is 5.66 Å². The lowest BCUT2D eigenvalue weighted by Gasteiger charge is -2.18. The van der Waals surface area contributed by atoms with Gasteiger partial charge in [-0.05, 0) is 25.2 Å². The van der Waals surface area contributed by atoms with Crippen LogP contribution in [0, 0.1) is 0 Å². The van der Waals surface area contributed by atoms with Crippen molar-refractivity contribution in [2.24, 2.45) is 5.73 Å².